The maximum absolute atomic E-state index is 11.3. The largest absolute Gasteiger partial charge is 0.480 e. The van der Waals surface area contributed by atoms with Crippen LogP contribution in [-0.4, -0.2) is 17.1 Å². The van der Waals surface area contributed by atoms with E-state index in [0.717, 1.165) is 16.8 Å². The van der Waals surface area contributed by atoms with Crippen molar-refractivity contribution in [2.24, 2.45) is 0 Å². The first-order valence-electron chi connectivity index (χ1n) is 6.93. The maximum Gasteiger partial charge on any atom is 0.326 e. The van der Waals surface area contributed by atoms with Crippen molar-refractivity contribution in [3.05, 3.63) is 71.8 Å². The molecule has 3 heteroatoms. The van der Waals surface area contributed by atoms with Crippen LogP contribution in [0.2, 0.25) is 0 Å². The van der Waals surface area contributed by atoms with E-state index in [9.17, 15) is 9.90 Å². The quantitative estimate of drug-likeness (QED) is 0.842. The molecule has 2 rings (SSSR count). The predicted molar refractivity (Wildman–Crippen MR) is 86.3 cm³/mol. The van der Waals surface area contributed by atoms with Crippen molar-refractivity contribution >= 4 is 17.7 Å². The van der Waals surface area contributed by atoms with Gasteiger partial charge in [-0.2, -0.15) is 0 Å². The molecule has 0 aromatic heterocycles. The molecule has 21 heavy (non-hydrogen) atoms. The molecule has 108 valence electrons. The fourth-order valence-corrected chi connectivity index (χ4v) is 1.98. The summed E-state index contributed by atoms with van der Waals surface area (Å²) < 4.78 is 0. The van der Waals surface area contributed by atoms with Crippen LogP contribution in [0.1, 0.15) is 17.5 Å². The summed E-state index contributed by atoms with van der Waals surface area (Å²) in [6.45, 7) is 2.00. The Morgan fingerprint density at radius 3 is 2.43 bits per heavy atom. The Hall–Kier alpha value is -2.55. The second-order valence-electron chi connectivity index (χ2n) is 4.95. The lowest BCUT2D eigenvalue weighted by molar-refractivity contribution is -0.137. The highest BCUT2D eigenvalue weighted by Gasteiger charge is 2.15. The molecule has 0 amide bonds. The molecule has 2 aromatic rings. The van der Waals surface area contributed by atoms with Gasteiger partial charge in [0, 0.05) is 5.69 Å². The normalized spacial score (nSPS) is 12.2. The Bertz CT molecular complexity index is 603. The van der Waals surface area contributed by atoms with Gasteiger partial charge in [-0.15, -0.1) is 0 Å². The molecule has 2 N–H and O–H groups in total. The number of benzene rings is 2. The minimum absolute atomic E-state index is 0.429. The van der Waals surface area contributed by atoms with E-state index in [1.807, 2.05) is 73.7 Å². The summed E-state index contributed by atoms with van der Waals surface area (Å²) in [5.41, 5.74) is 3.04. The van der Waals surface area contributed by atoms with Crippen molar-refractivity contribution in [1.29, 1.82) is 0 Å². The van der Waals surface area contributed by atoms with Gasteiger partial charge in [0.2, 0.25) is 0 Å². The van der Waals surface area contributed by atoms with Crippen molar-refractivity contribution < 1.29 is 9.90 Å². The highest BCUT2D eigenvalue weighted by Crippen LogP contribution is 2.12. The standard InChI is InChI=1S/C18H19NO2/c1-14-10-12-16(13-11-14)19-17(18(20)21)9-5-8-15-6-3-2-4-7-15/h2-8,10-13,17,19H,9H2,1H3,(H,20,21)/b8-5+. The number of anilines is 1. The Balaban J connectivity index is 1.98. The van der Waals surface area contributed by atoms with Gasteiger partial charge in [0.1, 0.15) is 6.04 Å². The summed E-state index contributed by atoms with van der Waals surface area (Å²) in [6, 6.07) is 16.9. The first-order chi connectivity index (χ1) is 10.1. The fourth-order valence-electron chi connectivity index (χ4n) is 1.98. The zero-order valence-corrected chi connectivity index (χ0v) is 12.0. The third-order valence-corrected chi connectivity index (χ3v) is 3.17. The van der Waals surface area contributed by atoms with Crippen LogP contribution in [0.5, 0.6) is 0 Å². The summed E-state index contributed by atoms with van der Waals surface area (Å²) in [6.07, 6.45) is 4.25. The van der Waals surface area contributed by atoms with Gasteiger partial charge in [-0.05, 0) is 31.0 Å². The average Bonchev–Trinajstić information content (AvgIpc) is 2.49. The maximum atomic E-state index is 11.3. The van der Waals surface area contributed by atoms with Crippen LogP contribution >= 0.6 is 0 Å². The lowest BCUT2D eigenvalue weighted by Gasteiger charge is -2.14. The monoisotopic (exact) mass is 281 g/mol. The fraction of sp³-hybridized carbons (Fsp3) is 0.167. The number of rotatable bonds is 6. The molecular weight excluding hydrogens is 262 g/mol. The molecule has 0 saturated carbocycles. The van der Waals surface area contributed by atoms with Crippen molar-refractivity contribution in [3.8, 4) is 0 Å². The van der Waals surface area contributed by atoms with Gasteiger partial charge >= 0.3 is 5.97 Å². The number of nitrogens with one attached hydrogen (secondary N) is 1. The first-order valence-corrected chi connectivity index (χ1v) is 6.93. The zero-order chi connectivity index (χ0) is 15.1. The molecule has 0 spiro atoms. The predicted octanol–water partition coefficient (Wildman–Crippen LogP) is 3.96. The van der Waals surface area contributed by atoms with Crippen LogP contribution in [0.3, 0.4) is 0 Å². The van der Waals surface area contributed by atoms with E-state index in [-0.39, 0.29) is 0 Å². The minimum atomic E-state index is -0.853. The molecule has 0 bridgehead atoms. The number of aliphatic carboxylic acids is 1. The van der Waals surface area contributed by atoms with E-state index in [2.05, 4.69) is 5.32 Å². The van der Waals surface area contributed by atoms with Crippen LogP contribution in [0.4, 0.5) is 5.69 Å². The van der Waals surface area contributed by atoms with Gasteiger partial charge in [0.05, 0.1) is 0 Å². The number of aryl methyl sites for hydroxylation is 1. The topological polar surface area (TPSA) is 49.3 Å². The van der Waals surface area contributed by atoms with E-state index in [1.165, 1.54) is 0 Å². The molecule has 0 aliphatic carbocycles. The number of carbonyl (C=O) groups is 1. The molecule has 0 radical (unpaired) electrons. The van der Waals surface area contributed by atoms with E-state index in [4.69, 9.17) is 0 Å². The van der Waals surface area contributed by atoms with Crippen LogP contribution in [0, 0.1) is 6.92 Å². The van der Waals surface area contributed by atoms with Crippen LogP contribution in [0.25, 0.3) is 6.08 Å². The summed E-state index contributed by atoms with van der Waals surface area (Å²) in [4.78, 5) is 11.3. The van der Waals surface area contributed by atoms with Crippen molar-refractivity contribution in [2.75, 3.05) is 5.32 Å². The van der Waals surface area contributed by atoms with Gasteiger partial charge < -0.3 is 10.4 Å². The third kappa shape index (κ3) is 4.80. The molecule has 0 saturated heterocycles. The number of carboxylic acids is 1. The average molecular weight is 281 g/mol. The van der Waals surface area contributed by atoms with Crippen LogP contribution in [-0.2, 0) is 4.79 Å². The van der Waals surface area contributed by atoms with Crippen molar-refractivity contribution in [2.45, 2.75) is 19.4 Å². The number of hydrogen-bond donors (Lipinski definition) is 2. The van der Waals surface area contributed by atoms with E-state index in [1.54, 1.807) is 0 Å². The molecular formula is C18H19NO2. The van der Waals surface area contributed by atoms with Gasteiger partial charge in [0.15, 0.2) is 0 Å². The SMILES string of the molecule is Cc1ccc(NC(C/C=C/c2ccccc2)C(=O)O)cc1. The zero-order valence-electron chi connectivity index (χ0n) is 12.0. The molecule has 0 heterocycles. The lowest BCUT2D eigenvalue weighted by atomic mass is 10.1. The molecule has 0 aliphatic rings. The lowest BCUT2D eigenvalue weighted by Crippen LogP contribution is -2.28. The number of hydrogen-bond acceptors (Lipinski definition) is 2. The summed E-state index contributed by atoms with van der Waals surface area (Å²) in [5.74, 6) is -0.853. The van der Waals surface area contributed by atoms with Gasteiger partial charge in [-0.3, -0.25) is 0 Å². The summed E-state index contributed by atoms with van der Waals surface area (Å²) in [5, 5.41) is 12.3. The molecule has 0 aliphatic heterocycles. The molecule has 1 unspecified atom stereocenters. The van der Waals surface area contributed by atoms with Crippen molar-refractivity contribution in [1.82, 2.24) is 0 Å². The first kappa shape index (κ1) is 14.9. The third-order valence-electron chi connectivity index (χ3n) is 3.17. The summed E-state index contributed by atoms with van der Waals surface area (Å²) in [7, 11) is 0. The van der Waals surface area contributed by atoms with Gasteiger partial charge in [-0.25, -0.2) is 4.79 Å². The Labute approximate surface area is 124 Å². The smallest absolute Gasteiger partial charge is 0.326 e. The van der Waals surface area contributed by atoms with Gasteiger partial charge in [-0.1, -0.05) is 60.2 Å². The van der Waals surface area contributed by atoms with E-state index < -0.39 is 12.0 Å². The molecule has 2 aromatic carbocycles. The second-order valence-corrected chi connectivity index (χ2v) is 4.95. The highest BCUT2D eigenvalue weighted by molar-refractivity contribution is 5.77. The Morgan fingerprint density at radius 1 is 1.14 bits per heavy atom. The highest BCUT2D eigenvalue weighted by atomic mass is 16.4. The summed E-state index contributed by atoms with van der Waals surface area (Å²) >= 11 is 0. The van der Waals surface area contributed by atoms with Crippen molar-refractivity contribution in [3.63, 3.8) is 0 Å². The Kier molecular flexibility index (Phi) is 5.16. The molecule has 1 atom stereocenters. The number of carboxylic acid groups (broad SMARTS) is 1. The Morgan fingerprint density at radius 2 is 1.81 bits per heavy atom. The molecule has 3 nitrogen and oxygen atoms in total. The van der Waals surface area contributed by atoms with E-state index in [0.29, 0.717) is 6.42 Å². The van der Waals surface area contributed by atoms with E-state index >= 15 is 0 Å². The minimum Gasteiger partial charge on any atom is -0.480 e. The van der Waals surface area contributed by atoms with Gasteiger partial charge in [0.25, 0.3) is 0 Å². The second kappa shape index (κ2) is 7.29. The molecule has 0 fully saturated rings. The van der Waals surface area contributed by atoms with Crippen LogP contribution < -0.4 is 5.32 Å². The van der Waals surface area contributed by atoms with Crippen LogP contribution in [0.15, 0.2) is 60.7 Å².